The Morgan fingerprint density at radius 3 is 1.83 bits per heavy atom. The van der Waals surface area contributed by atoms with E-state index in [1.807, 2.05) is 37.4 Å². The second kappa shape index (κ2) is 51.2. The maximum atomic E-state index is 15.9. The molecule has 2 aliphatic heterocycles. The number of fused-ring (bicyclic) bond motifs is 3. The minimum Gasteiger partial charge on any atom is -0.508 e. The molecule has 1 aliphatic carbocycles. The zero-order valence-corrected chi connectivity index (χ0v) is 80.8. The number of aromatic nitrogens is 3. The number of likely N-dealkylation sites (N-methyl/N-ethyl adjacent to an activating group) is 3. The molecular weight excluding hydrogens is 1820 g/mol. The molecule has 750 valence electrons. The lowest BCUT2D eigenvalue weighted by Gasteiger charge is -2.36. The molecule has 6 aromatic rings. The number of aromatic hydroxyl groups is 1. The van der Waals surface area contributed by atoms with Crippen LogP contribution in [0.1, 0.15) is 154 Å². The first-order valence-electron chi connectivity index (χ1n) is 46.5. The normalized spacial score (nSPS) is 25.4. The van der Waals surface area contributed by atoms with E-state index in [4.69, 9.17) is 28.3 Å². The van der Waals surface area contributed by atoms with Crippen LogP contribution in [0.4, 0.5) is 0 Å². The number of aliphatic hydroxyl groups is 1. The van der Waals surface area contributed by atoms with Crippen molar-refractivity contribution in [3.63, 3.8) is 0 Å². The number of imidazole rings is 1. The lowest BCUT2D eigenvalue weighted by Crippen LogP contribution is -2.62. The minimum absolute atomic E-state index is 0.00498. The van der Waals surface area contributed by atoms with Crippen LogP contribution in [-0.2, 0) is 107 Å². The Hall–Kier alpha value is -13.3. The number of nitrogens with zero attached hydrogens (tertiary/aromatic N) is 5. The molecule has 43 nitrogen and oxygen atoms in total. The van der Waals surface area contributed by atoms with Crippen molar-refractivity contribution in [2.45, 2.75) is 247 Å². The number of para-hydroxylation sites is 1. The van der Waals surface area contributed by atoms with Crippen molar-refractivity contribution < 1.29 is 91.7 Å². The average Bonchev–Trinajstić information content (AvgIpc) is 1.58. The van der Waals surface area contributed by atoms with Gasteiger partial charge in [0.25, 0.3) is 0 Å². The summed E-state index contributed by atoms with van der Waals surface area (Å²) in [5.74, 6) is -18.3. The molecule has 3 aliphatic rings. The highest BCUT2D eigenvalue weighted by atomic mass is 32.2. The Morgan fingerprint density at radius 1 is 0.594 bits per heavy atom. The van der Waals surface area contributed by atoms with Gasteiger partial charge in [0.2, 0.25) is 100 Å². The van der Waals surface area contributed by atoms with Crippen molar-refractivity contribution in [1.82, 2.24) is 98.4 Å². The molecule has 1 spiro atoms. The van der Waals surface area contributed by atoms with Crippen LogP contribution in [0.15, 0.2) is 96.9 Å². The molecule has 3 aromatic heterocycles. The fourth-order valence-electron chi connectivity index (χ4n) is 17.1. The number of nitrogens with two attached hydrogens (primary N) is 4. The van der Waals surface area contributed by atoms with Gasteiger partial charge in [0.05, 0.1) is 31.1 Å². The van der Waals surface area contributed by atoms with Gasteiger partial charge in [0.1, 0.15) is 89.8 Å². The van der Waals surface area contributed by atoms with Gasteiger partial charge in [-0.3, -0.25) is 86.9 Å². The van der Waals surface area contributed by atoms with E-state index in [-0.39, 0.29) is 108 Å². The number of thiophene rings is 1. The molecule has 138 heavy (non-hydrogen) atoms. The zero-order valence-electron chi connectivity index (χ0n) is 79.1. The van der Waals surface area contributed by atoms with Crippen molar-refractivity contribution in [3.8, 4) is 5.75 Å². The first-order chi connectivity index (χ1) is 65.7. The van der Waals surface area contributed by atoms with Crippen LogP contribution in [0, 0.1) is 17.2 Å². The van der Waals surface area contributed by atoms with E-state index in [1.54, 1.807) is 57.3 Å². The van der Waals surface area contributed by atoms with E-state index in [2.05, 4.69) is 78.8 Å². The number of carbonyl (C=O) groups is 17. The van der Waals surface area contributed by atoms with E-state index >= 15 is 47.9 Å². The molecular formula is C93H132N24O19S2. The highest BCUT2D eigenvalue weighted by Gasteiger charge is 2.61. The van der Waals surface area contributed by atoms with E-state index in [9.17, 15) is 43.8 Å². The number of rotatable bonds is 28. The van der Waals surface area contributed by atoms with Gasteiger partial charge < -0.3 is 127 Å². The van der Waals surface area contributed by atoms with Crippen LogP contribution >= 0.6 is 23.1 Å². The lowest BCUT2D eigenvalue weighted by molar-refractivity contribution is -0.149. The van der Waals surface area contributed by atoms with E-state index < -0.39 is 234 Å². The van der Waals surface area contributed by atoms with Gasteiger partial charge in [0.15, 0.2) is 5.96 Å². The zero-order chi connectivity index (χ0) is 101. The molecule has 17 amide bonds. The Balaban J connectivity index is 1.11. The smallest absolute Gasteiger partial charge is 0.246 e. The summed E-state index contributed by atoms with van der Waals surface area (Å²) < 4.78 is 0.836. The Labute approximate surface area is 807 Å². The minimum atomic E-state index is -1.83. The molecule has 45 heteroatoms. The monoisotopic (exact) mass is 1950 g/mol. The third-order valence-corrected chi connectivity index (χ3v) is 27.0. The average molecular weight is 1950 g/mol. The van der Waals surface area contributed by atoms with Crippen LogP contribution in [0.25, 0.3) is 21.0 Å². The first kappa shape index (κ1) is 108. The second-order valence-electron chi connectivity index (χ2n) is 35.8. The second-order valence-corrected chi connectivity index (χ2v) is 37.8. The summed E-state index contributed by atoms with van der Waals surface area (Å²) in [6.45, 7) is 8.82. The summed E-state index contributed by atoms with van der Waals surface area (Å²) >= 11 is 2.14. The number of amides is 17. The summed E-state index contributed by atoms with van der Waals surface area (Å²) in [7, 11) is 3.97. The van der Waals surface area contributed by atoms with Crippen LogP contribution in [0.5, 0.6) is 5.75 Å². The van der Waals surface area contributed by atoms with Crippen molar-refractivity contribution in [2.24, 2.45) is 34.8 Å². The van der Waals surface area contributed by atoms with Crippen LogP contribution in [0.3, 0.4) is 0 Å². The fourth-order valence-corrected chi connectivity index (χ4v) is 18.9. The molecule has 3 fully saturated rings. The summed E-state index contributed by atoms with van der Waals surface area (Å²) in [5.41, 5.74) is 23.8. The van der Waals surface area contributed by atoms with Crippen LogP contribution < -0.4 is 86.7 Å². The Morgan fingerprint density at radius 2 is 1.19 bits per heavy atom. The number of H-pyrrole nitrogens is 2. The van der Waals surface area contributed by atoms with Gasteiger partial charge in [-0.2, -0.15) is 0 Å². The maximum absolute atomic E-state index is 15.9. The number of carbonyl (C=O) groups excluding carboxylic acids is 17. The Kier molecular flexibility index (Phi) is 40.2. The number of aliphatic hydroxyl groups excluding tert-OH is 1. The molecule has 5 heterocycles. The summed E-state index contributed by atoms with van der Waals surface area (Å²) in [5, 5.41) is 65.2. The number of phenols is 1. The number of hydrogen-bond acceptors (Lipinski definition) is 24. The lowest BCUT2D eigenvalue weighted by atomic mass is 9.99. The Bertz CT molecular complexity index is 5330. The number of aromatic amines is 2. The standard InChI is InChI=1S/C93H132N24O19S2/c1-10-13-24-71-85(130)106-62(23-19-33-100-92(97)98)80(125)111-70(79(124)102-44-76(96)121)47-137-48-77(122)104-68(35-52-27-29-57(118)30-28-52)87(132)114(7)51(6)78(123)107-66(40-75(95)120)84(129)113-93(41-55(93)12-3)91(136)112-65(38-56-43-99-49-103-56)83(128)109-67(34-50(4)5)89(134)117-45-58(119)39-73(117)86(131)108-64(36-53-42-101-61-22-17-15-20-59(53)61)82(127)105-63(31-32-94)81(126)110-69(37-54-46-138-74-26-18-16-21-60(54)74)88(133)116(9)72(25-14-11-2)90(135)115(71)8/h15-18,20-22,26-30,42-43,46,49-51,55,58,62-73,101,118-119H,10-14,19,23-25,31-41,44-45,47-48,94H2,1-9H3,(H2,95,120)(H2,96,121)(H,99,103)(H,102,124)(H,104,122)(H,105,127)(H,106,130)(H,107,123)(H,108,131)(H,109,128)(H,110,126)(H,111,125)(H,112,136)(H,113,129)(H4,97,98,100)/t51-,55-,58+,62-,63-,64?,65?,66-,67-,68-,69-,70?,71-,72-,73-,93-/m0/s1. The summed E-state index contributed by atoms with van der Waals surface area (Å²) in [6, 6.07) is 0.0277. The third-order valence-electron chi connectivity index (χ3n) is 25.0. The highest BCUT2D eigenvalue weighted by Crippen LogP contribution is 2.46. The summed E-state index contributed by atoms with van der Waals surface area (Å²) in [6.07, 6.45) is 2.17. The van der Waals surface area contributed by atoms with Gasteiger partial charge in [-0.15, -0.1) is 23.1 Å². The van der Waals surface area contributed by atoms with Crippen LogP contribution in [0.2, 0.25) is 0 Å². The van der Waals surface area contributed by atoms with Gasteiger partial charge in [0, 0.05) is 106 Å². The van der Waals surface area contributed by atoms with Crippen molar-refractivity contribution in [3.05, 3.63) is 119 Å². The molecule has 25 N–H and O–H groups in total. The molecule has 3 aromatic carbocycles. The number of guanidine groups is 1. The molecule has 0 bridgehead atoms. The van der Waals surface area contributed by atoms with Gasteiger partial charge in [-0.1, -0.05) is 115 Å². The van der Waals surface area contributed by atoms with E-state index in [1.165, 1.54) is 86.0 Å². The fraction of sp³-hybridized carbons (Fsp3) is 0.538. The number of nitrogens with one attached hydrogen (secondary N) is 15. The number of phenolic OH excluding ortho intramolecular Hbond substituents is 1. The third kappa shape index (κ3) is 29.9. The molecule has 3 unspecified atom stereocenters. The van der Waals surface area contributed by atoms with Gasteiger partial charge >= 0.3 is 0 Å². The first-order valence-corrected chi connectivity index (χ1v) is 48.5. The van der Waals surface area contributed by atoms with Crippen molar-refractivity contribution >= 4 is 150 Å². The molecule has 1 saturated carbocycles. The largest absolute Gasteiger partial charge is 0.508 e. The molecule has 16 atom stereocenters. The van der Waals surface area contributed by atoms with Crippen molar-refractivity contribution in [1.29, 1.82) is 5.41 Å². The predicted octanol–water partition coefficient (Wildman–Crippen LogP) is -1.55. The molecule has 2 saturated heterocycles. The van der Waals surface area contributed by atoms with Crippen LogP contribution in [-0.4, -0.2) is 300 Å². The van der Waals surface area contributed by atoms with E-state index in [0.717, 1.165) is 31.6 Å². The quantitative estimate of drug-likeness (QED) is 0.0150. The number of benzene rings is 3. The van der Waals surface area contributed by atoms with Gasteiger partial charge in [-0.25, -0.2) is 4.98 Å². The van der Waals surface area contributed by atoms with Crippen molar-refractivity contribution in [2.75, 3.05) is 58.8 Å². The predicted molar refractivity (Wildman–Crippen MR) is 514 cm³/mol. The number of primary amides is 2. The maximum Gasteiger partial charge on any atom is 0.246 e. The van der Waals surface area contributed by atoms with Gasteiger partial charge in [-0.05, 0) is 122 Å². The topological polar surface area (TPSA) is 660 Å². The number of hydrogen-bond donors (Lipinski definition) is 21. The SMILES string of the molecule is CCCC[C@H]1C(=O)N(C)[C@@H](CCCC)C(=O)N[C@@H](CCCNC(=N)N)C(=O)NC(C(=O)NCC(N)=O)CSCC(=O)N[C@@H](Cc2ccc(O)cc2)C(=O)N(C)[C@@H](C)C(=O)N[C@@H](CC(N)=O)C(=O)N[C@]2(C[C@@H]2CC)C(=O)NC(Cc2cnc[nH]2)C(=O)N[C@@H](CC(C)C)C(=O)N2C[C@H](O)C[C@H]2C(=O)NC(Cc2c[nH]c3ccccc23)C(=O)N[C@@H](CCN)C(=O)N[C@@H](Cc2csc3ccccc23)C(=O)N1C. The number of unbranched alkanes of at least 4 members (excludes halogenated alkanes) is 2. The molecule has 0 radical (unpaired) electrons. The highest BCUT2D eigenvalue weighted by molar-refractivity contribution is 8.00. The van der Waals surface area contributed by atoms with E-state index in [0.29, 0.717) is 59.0 Å². The summed E-state index contributed by atoms with van der Waals surface area (Å²) in [4.78, 5) is 267. The number of thioether (sulfide) groups is 1. The molecule has 9 rings (SSSR count).